The molecule has 1 aromatic heterocycles. The van der Waals surface area contributed by atoms with Gasteiger partial charge in [0.2, 0.25) is 0 Å². The highest BCUT2D eigenvalue weighted by Crippen LogP contribution is 2.29. The maximum Gasteiger partial charge on any atom is 0.272 e. The standard InChI is InChI=1S/C21H21ClN2O/c1-12-3-4-15-10-16(6-5-14(15)9-12)23-21(25)20-11-17-13(2)18(22)7-8-19(17)24-20/h5-8,10-12,24H,3-4,9H2,1-2H3,(H,23,25). The highest BCUT2D eigenvalue weighted by Gasteiger charge is 2.17. The van der Waals surface area contributed by atoms with E-state index in [0.717, 1.165) is 40.9 Å². The molecular weight excluding hydrogens is 332 g/mol. The van der Waals surface area contributed by atoms with Crippen molar-refractivity contribution < 1.29 is 4.79 Å². The highest BCUT2D eigenvalue weighted by atomic mass is 35.5. The fourth-order valence-electron chi connectivity index (χ4n) is 3.66. The fourth-order valence-corrected chi connectivity index (χ4v) is 3.82. The molecule has 0 saturated heterocycles. The first kappa shape index (κ1) is 16.2. The minimum absolute atomic E-state index is 0.129. The van der Waals surface area contributed by atoms with E-state index < -0.39 is 0 Å². The molecule has 1 heterocycles. The summed E-state index contributed by atoms with van der Waals surface area (Å²) in [5.74, 6) is 0.616. The Kier molecular flexibility index (Phi) is 4.04. The second-order valence-corrected chi connectivity index (χ2v) is 7.51. The number of anilines is 1. The van der Waals surface area contributed by atoms with Crippen LogP contribution in [0.5, 0.6) is 0 Å². The van der Waals surface area contributed by atoms with E-state index in [-0.39, 0.29) is 5.91 Å². The largest absolute Gasteiger partial charge is 0.351 e. The summed E-state index contributed by atoms with van der Waals surface area (Å²) in [6.45, 7) is 4.26. The zero-order valence-corrected chi connectivity index (χ0v) is 15.2. The summed E-state index contributed by atoms with van der Waals surface area (Å²) in [4.78, 5) is 15.8. The predicted molar refractivity (Wildman–Crippen MR) is 104 cm³/mol. The van der Waals surface area contributed by atoms with E-state index in [4.69, 9.17) is 11.6 Å². The number of rotatable bonds is 2. The van der Waals surface area contributed by atoms with E-state index in [2.05, 4.69) is 29.4 Å². The maximum atomic E-state index is 12.6. The van der Waals surface area contributed by atoms with Crippen LogP contribution in [0.1, 0.15) is 40.5 Å². The molecule has 0 spiro atoms. The van der Waals surface area contributed by atoms with Gasteiger partial charge in [0, 0.05) is 21.6 Å². The summed E-state index contributed by atoms with van der Waals surface area (Å²) < 4.78 is 0. The first-order valence-electron chi connectivity index (χ1n) is 8.72. The van der Waals surface area contributed by atoms with E-state index in [1.54, 1.807) is 0 Å². The molecule has 0 radical (unpaired) electrons. The van der Waals surface area contributed by atoms with Gasteiger partial charge in [0.1, 0.15) is 5.69 Å². The smallest absolute Gasteiger partial charge is 0.272 e. The van der Waals surface area contributed by atoms with Crippen LogP contribution in [0.25, 0.3) is 10.9 Å². The zero-order chi connectivity index (χ0) is 17.6. The summed E-state index contributed by atoms with van der Waals surface area (Å²) in [7, 11) is 0. The highest BCUT2D eigenvalue weighted by molar-refractivity contribution is 6.32. The maximum absolute atomic E-state index is 12.6. The van der Waals surface area contributed by atoms with Gasteiger partial charge in [0.25, 0.3) is 5.91 Å². The second kappa shape index (κ2) is 6.23. The lowest BCUT2D eigenvalue weighted by Crippen LogP contribution is -2.15. The minimum Gasteiger partial charge on any atom is -0.351 e. The van der Waals surface area contributed by atoms with Gasteiger partial charge in [0.05, 0.1) is 0 Å². The molecular formula is C21H21ClN2O. The summed E-state index contributed by atoms with van der Waals surface area (Å²) in [5.41, 5.74) is 6.07. The molecule has 1 aliphatic carbocycles. The Bertz CT molecular complexity index is 973. The van der Waals surface area contributed by atoms with Crippen molar-refractivity contribution in [3.05, 3.63) is 63.8 Å². The van der Waals surface area contributed by atoms with Crippen LogP contribution in [-0.2, 0) is 12.8 Å². The van der Waals surface area contributed by atoms with Gasteiger partial charge in [-0.3, -0.25) is 4.79 Å². The summed E-state index contributed by atoms with van der Waals surface area (Å²) in [6.07, 6.45) is 3.43. The van der Waals surface area contributed by atoms with Crippen molar-refractivity contribution in [2.45, 2.75) is 33.1 Å². The molecule has 2 aromatic carbocycles. The van der Waals surface area contributed by atoms with Gasteiger partial charge in [0.15, 0.2) is 0 Å². The lowest BCUT2D eigenvalue weighted by Gasteiger charge is -2.22. The number of hydrogen-bond donors (Lipinski definition) is 2. The van der Waals surface area contributed by atoms with Gasteiger partial charge in [-0.15, -0.1) is 0 Å². The number of halogens is 1. The Morgan fingerprint density at radius 1 is 1.20 bits per heavy atom. The Morgan fingerprint density at radius 2 is 2.04 bits per heavy atom. The monoisotopic (exact) mass is 352 g/mol. The summed E-state index contributed by atoms with van der Waals surface area (Å²) >= 11 is 6.17. The average molecular weight is 353 g/mol. The number of H-pyrrole nitrogens is 1. The van der Waals surface area contributed by atoms with Crippen LogP contribution in [0.4, 0.5) is 5.69 Å². The topological polar surface area (TPSA) is 44.9 Å². The van der Waals surface area contributed by atoms with Gasteiger partial charge in [-0.25, -0.2) is 0 Å². The molecule has 4 rings (SSSR count). The molecule has 128 valence electrons. The van der Waals surface area contributed by atoms with Gasteiger partial charge in [-0.2, -0.15) is 0 Å². The molecule has 4 heteroatoms. The third kappa shape index (κ3) is 3.05. The molecule has 1 aliphatic rings. The number of benzene rings is 2. The molecule has 0 saturated carbocycles. The van der Waals surface area contributed by atoms with Crippen LogP contribution in [0.15, 0.2) is 36.4 Å². The molecule has 2 N–H and O–H groups in total. The van der Waals surface area contributed by atoms with E-state index in [0.29, 0.717) is 10.7 Å². The molecule has 1 unspecified atom stereocenters. The lowest BCUT2D eigenvalue weighted by molar-refractivity contribution is 0.102. The summed E-state index contributed by atoms with van der Waals surface area (Å²) in [6, 6.07) is 11.9. The first-order valence-corrected chi connectivity index (χ1v) is 9.10. The van der Waals surface area contributed by atoms with Gasteiger partial charge in [-0.05, 0) is 79.1 Å². The molecule has 3 aromatic rings. The van der Waals surface area contributed by atoms with E-state index in [1.165, 1.54) is 17.5 Å². The van der Waals surface area contributed by atoms with Crippen molar-refractivity contribution in [2.24, 2.45) is 5.92 Å². The zero-order valence-electron chi connectivity index (χ0n) is 14.4. The number of amides is 1. The number of fused-ring (bicyclic) bond motifs is 2. The van der Waals surface area contributed by atoms with Crippen molar-refractivity contribution in [1.29, 1.82) is 0 Å². The van der Waals surface area contributed by atoms with Crippen LogP contribution in [0, 0.1) is 12.8 Å². The molecule has 0 aliphatic heterocycles. The van der Waals surface area contributed by atoms with E-state index in [1.807, 2.05) is 31.2 Å². The van der Waals surface area contributed by atoms with Crippen molar-refractivity contribution in [3.63, 3.8) is 0 Å². The number of hydrogen-bond acceptors (Lipinski definition) is 1. The van der Waals surface area contributed by atoms with Gasteiger partial charge in [-0.1, -0.05) is 24.6 Å². The van der Waals surface area contributed by atoms with E-state index >= 15 is 0 Å². The number of carbonyl (C=O) groups excluding carboxylic acids is 1. The van der Waals surface area contributed by atoms with Gasteiger partial charge >= 0.3 is 0 Å². The number of carbonyl (C=O) groups is 1. The molecule has 1 amide bonds. The van der Waals surface area contributed by atoms with Gasteiger partial charge < -0.3 is 10.3 Å². The first-order chi connectivity index (χ1) is 12.0. The van der Waals surface area contributed by atoms with E-state index in [9.17, 15) is 4.79 Å². The fraction of sp³-hybridized carbons (Fsp3) is 0.286. The summed E-state index contributed by atoms with van der Waals surface area (Å²) in [5, 5.41) is 4.71. The van der Waals surface area contributed by atoms with Crippen LogP contribution in [0.3, 0.4) is 0 Å². The second-order valence-electron chi connectivity index (χ2n) is 7.10. The number of aromatic amines is 1. The Labute approximate surface area is 152 Å². The Morgan fingerprint density at radius 3 is 2.88 bits per heavy atom. The van der Waals surface area contributed by atoms with Crippen molar-refractivity contribution in [2.75, 3.05) is 5.32 Å². The Balaban J connectivity index is 1.59. The molecule has 25 heavy (non-hydrogen) atoms. The normalized spacial score (nSPS) is 16.7. The average Bonchev–Trinajstić information content (AvgIpc) is 3.03. The predicted octanol–water partition coefficient (Wildman–Crippen LogP) is 5.51. The molecule has 0 bridgehead atoms. The SMILES string of the molecule is Cc1c(Cl)ccc2[nH]c(C(=O)Nc3ccc4c(c3)CCC(C)C4)cc12. The van der Waals surface area contributed by atoms with Crippen LogP contribution in [-0.4, -0.2) is 10.9 Å². The van der Waals surface area contributed by atoms with Crippen LogP contribution < -0.4 is 5.32 Å². The molecule has 1 atom stereocenters. The molecule has 3 nitrogen and oxygen atoms in total. The van der Waals surface area contributed by atoms with Crippen molar-refractivity contribution in [1.82, 2.24) is 4.98 Å². The van der Waals surface area contributed by atoms with Crippen molar-refractivity contribution >= 4 is 34.1 Å². The molecule has 0 fully saturated rings. The number of nitrogens with one attached hydrogen (secondary N) is 2. The Hall–Kier alpha value is -2.26. The third-order valence-corrected chi connectivity index (χ3v) is 5.60. The number of aryl methyl sites for hydroxylation is 2. The lowest BCUT2D eigenvalue weighted by atomic mass is 9.85. The van der Waals surface area contributed by atoms with Crippen molar-refractivity contribution in [3.8, 4) is 0 Å². The minimum atomic E-state index is -0.129. The third-order valence-electron chi connectivity index (χ3n) is 5.19. The van der Waals surface area contributed by atoms with Crippen LogP contribution >= 0.6 is 11.6 Å². The van der Waals surface area contributed by atoms with Crippen LogP contribution in [0.2, 0.25) is 5.02 Å². The quantitative estimate of drug-likeness (QED) is 0.627. The number of aromatic nitrogens is 1.